The fourth-order valence-corrected chi connectivity index (χ4v) is 2.69. The molecule has 5 nitrogen and oxygen atoms in total. The molecule has 1 fully saturated rings. The second-order valence-electron chi connectivity index (χ2n) is 5.30. The highest BCUT2D eigenvalue weighted by molar-refractivity contribution is 5.76. The average Bonchev–Trinajstić information content (AvgIpc) is 2.83. The molecule has 1 aromatic heterocycles. The third kappa shape index (κ3) is 4.22. The van der Waals surface area contributed by atoms with E-state index in [0.717, 1.165) is 24.4 Å². The zero-order valence-corrected chi connectivity index (χ0v) is 12.6. The van der Waals surface area contributed by atoms with Crippen LogP contribution in [0.2, 0.25) is 0 Å². The predicted octanol–water partition coefficient (Wildman–Crippen LogP) is 2.90. The molecule has 3 rings (SSSR count). The number of aryl methyl sites for hydroxylation is 1. The highest BCUT2D eigenvalue weighted by Crippen LogP contribution is 2.26. The molecule has 1 aliphatic rings. The molecule has 8 heteroatoms. The molecule has 23 heavy (non-hydrogen) atoms. The van der Waals surface area contributed by atoms with Crippen molar-refractivity contribution >= 4 is 17.0 Å². The molecule has 0 aliphatic carbocycles. The Hall–Kier alpha value is -2.09. The van der Waals surface area contributed by atoms with E-state index in [1.807, 2.05) is 0 Å². The van der Waals surface area contributed by atoms with Gasteiger partial charge in [-0.15, -0.1) is 0 Å². The summed E-state index contributed by atoms with van der Waals surface area (Å²) in [6.45, 7) is 4.36. The standard InChI is InChI=1S/C13H17N3.C2HF3O2/c1-10-15-12-4-2-3-5-13(12)16(10)11-6-8-14-9-7-11;3-2(4,5)1(6)7/h2-5,11,14H,6-9H2,1H3;(H,6,7). The Morgan fingerprint density at radius 1 is 1.30 bits per heavy atom. The fourth-order valence-electron chi connectivity index (χ4n) is 2.69. The number of alkyl halides is 3. The van der Waals surface area contributed by atoms with Gasteiger partial charge in [-0.05, 0) is 45.0 Å². The van der Waals surface area contributed by atoms with Crippen molar-refractivity contribution in [1.29, 1.82) is 0 Å². The molecule has 0 bridgehead atoms. The Kier molecular flexibility index (Phi) is 5.25. The lowest BCUT2D eigenvalue weighted by molar-refractivity contribution is -0.192. The van der Waals surface area contributed by atoms with Crippen LogP contribution in [0.15, 0.2) is 24.3 Å². The maximum atomic E-state index is 10.6. The van der Waals surface area contributed by atoms with Crippen molar-refractivity contribution in [3.8, 4) is 0 Å². The minimum Gasteiger partial charge on any atom is -0.475 e. The number of carboxylic acids is 1. The molecule has 0 amide bonds. The first kappa shape index (κ1) is 17.3. The number of aromatic nitrogens is 2. The van der Waals surface area contributed by atoms with Gasteiger partial charge in [0.15, 0.2) is 0 Å². The van der Waals surface area contributed by atoms with Gasteiger partial charge in [0.05, 0.1) is 11.0 Å². The van der Waals surface area contributed by atoms with Crippen molar-refractivity contribution in [1.82, 2.24) is 14.9 Å². The molecule has 126 valence electrons. The number of imidazole rings is 1. The number of carbonyl (C=O) groups is 1. The first-order chi connectivity index (χ1) is 10.8. The summed E-state index contributed by atoms with van der Waals surface area (Å²) in [6.07, 6.45) is -2.66. The van der Waals surface area contributed by atoms with Crippen molar-refractivity contribution in [2.45, 2.75) is 32.0 Å². The number of hydrogen-bond acceptors (Lipinski definition) is 3. The van der Waals surface area contributed by atoms with Gasteiger partial charge in [0, 0.05) is 6.04 Å². The van der Waals surface area contributed by atoms with Crippen LogP contribution in [0.1, 0.15) is 24.7 Å². The Morgan fingerprint density at radius 2 is 1.87 bits per heavy atom. The number of rotatable bonds is 1. The third-order valence-corrected chi connectivity index (χ3v) is 3.69. The summed E-state index contributed by atoms with van der Waals surface area (Å²) in [5, 5.41) is 10.5. The van der Waals surface area contributed by atoms with Crippen molar-refractivity contribution < 1.29 is 23.1 Å². The zero-order valence-electron chi connectivity index (χ0n) is 12.6. The van der Waals surface area contributed by atoms with Crippen molar-refractivity contribution in [2.24, 2.45) is 0 Å². The van der Waals surface area contributed by atoms with Crippen molar-refractivity contribution in [2.75, 3.05) is 13.1 Å². The maximum absolute atomic E-state index is 10.6. The van der Waals surface area contributed by atoms with Gasteiger partial charge >= 0.3 is 12.1 Å². The number of nitrogens with zero attached hydrogens (tertiary/aromatic N) is 2. The molecule has 1 saturated heterocycles. The van der Waals surface area contributed by atoms with Crippen LogP contribution < -0.4 is 5.32 Å². The quantitative estimate of drug-likeness (QED) is 0.844. The largest absolute Gasteiger partial charge is 0.490 e. The normalized spacial score (nSPS) is 16.0. The number of piperidine rings is 1. The van der Waals surface area contributed by atoms with Crippen molar-refractivity contribution in [3.05, 3.63) is 30.1 Å². The molecule has 1 aliphatic heterocycles. The van der Waals surface area contributed by atoms with E-state index < -0.39 is 12.1 Å². The van der Waals surface area contributed by atoms with E-state index in [4.69, 9.17) is 9.90 Å². The van der Waals surface area contributed by atoms with E-state index in [1.54, 1.807) is 0 Å². The summed E-state index contributed by atoms with van der Waals surface area (Å²) in [6, 6.07) is 9.05. The smallest absolute Gasteiger partial charge is 0.475 e. The number of fused-ring (bicyclic) bond motifs is 1. The van der Waals surface area contributed by atoms with Crippen LogP contribution >= 0.6 is 0 Å². The molecule has 0 atom stereocenters. The van der Waals surface area contributed by atoms with Crippen LogP contribution in [-0.2, 0) is 4.79 Å². The van der Waals surface area contributed by atoms with Gasteiger partial charge in [0.1, 0.15) is 5.82 Å². The number of hydrogen-bond donors (Lipinski definition) is 2. The Balaban J connectivity index is 0.000000236. The lowest BCUT2D eigenvalue weighted by atomic mass is 10.1. The molecule has 2 heterocycles. The maximum Gasteiger partial charge on any atom is 0.490 e. The number of carboxylic acid groups (broad SMARTS) is 1. The summed E-state index contributed by atoms with van der Waals surface area (Å²) >= 11 is 0. The monoisotopic (exact) mass is 329 g/mol. The van der Waals surface area contributed by atoms with Crippen molar-refractivity contribution in [3.63, 3.8) is 0 Å². The minimum absolute atomic E-state index is 0.619. The minimum atomic E-state index is -5.08. The third-order valence-electron chi connectivity index (χ3n) is 3.69. The van der Waals surface area contributed by atoms with E-state index in [9.17, 15) is 13.2 Å². The number of benzene rings is 1. The molecule has 1 aromatic carbocycles. The number of aliphatic carboxylic acids is 1. The summed E-state index contributed by atoms with van der Waals surface area (Å²) < 4.78 is 34.1. The van der Waals surface area contributed by atoms with Crippen LogP contribution in [0.3, 0.4) is 0 Å². The highest BCUT2D eigenvalue weighted by atomic mass is 19.4. The van der Waals surface area contributed by atoms with Crippen LogP contribution in [0.25, 0.3) is 11.0 Å². The molecule has 0 spiro atoms. The summed E-state index contributed by atoms with van der Waals surface area (Å²) in [5.74, 6) is -1.61. The lowest BCUT2D eigenvalue weighted by Gasteiger charge is -2.25. The first-order valence-corrected chi connectivity index (χ1v) is 7.25. The summed E-state index contributed by atoms with van der Waals surface area (Å²) in [7, 11) is 0. The Morgan fingerprint density at radius 3 is 2.43 bits per heavy atom. The molecule has 0 saturated carbocycles. The number of para-hydroxylation sites is 2. The molecular weight excluding hydrogens is 311 g/mol. The highest BCUT2D eigenvalue weighted by Gasteiger charge is 2.38. The van der Waals surface area contributed by atoms with Gasteiger partial charge in [0.25, 0.3) is 0 Å². The van der Waals surface area contributed by atoms with Gasteiger partial charge in [0.2, 0.25) is 0 Å². The molecule has 0 unspecified atom stereocenters. The van der Waals surface area contributed by atoms with Crippen LogP contribution in [0.4, 0.5) is 13.2 Å². The second kappa shape index (κ2) is 6.99. The zero-order chi connectivity index (χ0) is 17.0. The number of nitrogens with one attached hydrogen (secondary N) is 1. The van der Waals surface area contributed by atoms with E-state index in [2.05, 4.69) is 46.1 Å². The molecule has 2 N–H and O–H groups in total. The topological polar surface area (TPSA) is 67.2 Å². The van der Waals surface area contributed by atoms with Crippen LogP contribution in [0.5, 0.6) is 0 Å². The lowest BCUT2D eigenvalue weighted by Crippen LogP contribution is -2.29. The van der Waals surface area contributed by atoms with Gasteiger partial charge in [-0.25, -0.2) is 9.78 Å². The Labute approximate surface area is 131 Å². The van der Waals surface area contributed by atoms with E-state index >= 15 is 0 Å². The van der Waals surface area contributed by atoms with E-state index in [-0.39, 0.29) is 0 Å². The summed E-state index contributed by atoms with van der Waals surface area (Å²) in [4.78, 5) is 13.5. The van der Waals surface area contributed by atoms with Gasteiger partial charge in [-0.3, -0.25) is 0 Å². The van der Waals surface area contributed by atoms with Gasteiger partial charge in [-0.2, -0.15) is 13.2 Å². The molecule has 0 radical (unpaired) electrons. The second-order valence-corrected chi connectivity index (χ2v) is 5.30. The van der Waals surface area contributed by atoms with Gasteiger partial charge in [-0.1, -0.05) is 12.1 Å². The van der Waals surface area contributed by atoms with Gasteiger partial charge < -0.3 is 15.0 Å². The van der Waals surface area contributed by atoms with Crippen LogP contribution in [0, 0.1) is 6.92 Å². The Bertz CT molecular complexity index is 676. The van der Waals surface area contributed by atoms with E-state index in [1.165, 1.54) is 18.4 Å². The number of halogens is 3. The molecule has 2 aromatic rings. The average molecular weight is 329 g/mol. The fraction of sp³-hybridized carbons (Fsp3) is 0.467. The molecular formula is C15H18F3N3O2. The summed E-state index contributed by atoms with van der Waals surface area (Å²) in [5.41, 5.74) is 2.41. The SMILES string of the molecule is Cc1nc2ccccc2n1C1CCNCC1.O=C(O)C(F)(F)F. The predicted molar refractivity (Wildman–Crippen MR) is 79.3 cm³/mol. The van der Waals surface area contributed by atoms with Crippen LogP contribution in [-0.4, -0.2) is 39.9 Å². The first-order valence-electron chi connectivity index (χ1n) is 7.25. The van der Waals surface area contributed by atoms with E-state index in [0.29, 0.717) is 6.04 Å².